The minimum atomic E-state index is 0.0408. The number of carbonyl (C=O) groups excluding carboxylic acids is 1. The molecule has 2 aromatic carbocycles. The fourth-order valence-electron chi connectivity index (χ4n) is 5.25. The molecule has 5 rings (SSSR count). The van der Waals surface area contributed by atoms with E-state index in [1.54, 1.807) is 0 Å². The molecular formula is C27H35N3O5. The lowest BCUT2D eigenvalue weighted by molar-refractivity contribution is -0.0165. The molecule has 3 aliphatic heterocycles. The quantitative estimate of drug-likeness (QED) is 0.644. The Morgan fingerprint density at radius 3 is 1.91 bits per heavy atom. The third-order valence-electron chi connectivity index (χ3n) is 7.07. The van der Waals surface area contributed by atoms with Crippen molar-refractivity contribution in [3.63, 3.8) is 0 Å². The summed E-state index contributed by atoms with van der Waals surface area (Å²) in [6.45, 7) is 11.6. The van der Waals surface area contributed by atoms with Crippen LogP contribution in [0.5, 0.6) is 11.5 Å². The standard InChI is InChI=1S/C27H35N3O5/c1-4-30(19(2)3)27(31)29-11-9-28(10-12-29)26(20-5-7-24-22(13-20)15-32-17-34-24)21-6-8-25-23(14-21)16-33-18-35-25/h5-8,13-14,19,26H,4,9-12,15-18H2,1-3H3. The average molecular weight is 482 g/mol. The summed E-state index contributed by atoms with van der Waals surface area (Å²) >= 11 is 0. The molecule has 0 unspecified atom stereocenters. The van der Waals surface area contributed by atoms with E-state index in [0.717, 1.165) is 42.3 Å². The van der Waals surface area contributed by atoms with Crippen molar-refractivity contribution >= 4 is 6.03 Å². The van der Waals surface area contributed by atoms with Crippen LogP contribution < -0.4 is 9.47 Å². The Morgan fingerprint density at radius 1 is 0.886 bits per heavy atom. The van der Waals surface area contributed by atoms with Crippen molar-refractivity contribution in [2.24, 2.45) is 0 Å². The minimum absolute atomic E-state index is 0.0408. The molecule has 0 saturated carbocycles. The van der Waals surface area contributed by atoms with Crippen LogP contribution in [0.1, 0.15) is 49.1 Å². The maximum atomic E-state index is 13.1. The maximum Gasteiger partial charge on any atom is 0.320 e. The van der Waals surface area contributed by atoms with Crippen LogP contribution in [0.2, 0.25) is 0 Å². The molecule has 35 heavy (non-hydrogen) atoms. The fraction of sp³-hybridized carbons (Fsp3) is 0.519. The highest BCUT2D eigenvalue weighted by atomic mass is 16.7. The largest absolute Gasteiger partial charge is 0.467 e. The molecule has 3 heterocycles. The maximum absolute atomic E-state index is 13.1. The number of fused-ring (bicyclic) bond motifs is 2. The topological polar surface area (TPSA) is 63.7 Å². The van der Waals surface area contributed by atoms with Crippen molar-refractivity contribution in [3.8, 4) is 11.5 Å². The second kappa shape index (κ2) is 10.4. The first-order valence-corrected chi connectivity index (χ1v) is 12.5. The Morgan fingerprint density at radius 2 is 1.43 bits per heavy atom. The Bertz CT molecular complexity index is 992. The van der Waals surface area contributed by atoms with Gasteiger partial charge in [-0.25, -0.2) is 4.79 Å². The number of ether oxygens (including phenoxy) is 4. The molecule has 1 saturated heterocycles. The number of carbonyl (C=O) groups is 1. The van der Waals surface area contributed by atoms with Gasteiger partial charge in [0.25, 0.3) is 0 Å². The van der Waals surface area contributed by atoms with Gasteiger partial charge < -0.3 is 28.7 Å². The third kappa shape index (κ3) is 4.96. The van der Waals surface area contributed by atoms with E-state index < -0.39 is 0 Å². The molecule has 0 radical (unpaired) electrons. The van der Waals surface area contributed by atoms with Crippen LogP contribution in [0.4, 0.5) is 4.79 Å². The number of nitrogens with zero attached hydrogens (tertiary/aromatic N) is 3. The normalized spacial score (nSPS) is 18.0. The van der Waals surface area contributed by atoms with Crippen molar-refractivity contribution in [1.82, 2.24) is 14.7 Å². The first-order valence-electron chi connectivity index (χ1n) is 12.5. The van der Waals surface area contributed by atoms with Crippen LogP contribution in [0.15, 0.2) is 36.4 Å². The number of hydrogen-bond donors (Lipinski definition) is 0. The summed E-state index contributed by atoms with van der Waals surface area (Å²) in [6, 6.07) is 13.1. The molecular weight excluding hydrogens is 446 g/mol. The number of rotatable bonds is 5. The highest BCUT2D eigenvalue weighted by Gasteiger charge is 2.31. The van der Waals surface area contributed by atoms with Gasteiger partial charge in [0, 0.05) is 49.9 Å². The van der Waals surface area contributed by atoms with Gasteiger partial charge in [-0.1, -0.05) is 12.1 Å². The SMILES string of the molecule is CCN(C(=O)N1CCN(C(c2ccc3c(c2)COCO3)c2ccc3c(c2)COCO3)CC1)C(C)C. The number of piperazine rings is 1. The van der Waals surface area contributed by atoms with E-state index in [-0.39, 0.29) is 18.1 Å². The summed E-state index contributed by atoms with van der Waals surface area (Å²) in [7, 11) is 0. The molecule has 0 aromatic heterocycles. The van der Waals surface area contributed by atoms with Crippen LogP contribution in [-0.2, 0) is 22.7 Å². The molecule has 3 aliphatic rings. The number of amides is 2. The van der Waals surface area contributed by atoms with E-state index in [0.29, 0.717) is 39.9 Å². The van der Waals surface area contributed by atoms with Gasteiger partial charge in [0.15, 0.2) is 13.6 Å². The highest BCUT2D eigenvalue weighted by Crippen LogP contribution is 2.36. The van der Waals surface area contributed by atoms with Gasteiger partial charge in [0.1, 0.15) is 11.5 Å². The van der Waals surface area contributed by atoms with E-state index in [1.807, 2.05) is 28.9 Å². The van der Waals surface area contributed by atoms with Crippen molar-refractivity contribution in [2.75, 3.05) is 46.3 Å². The summed E-state index contributed by atoms with van der Waals surface area (Å²) in [6.07, 6.45) is 0. The molecule has 0 aliphatic carbocycles. The lowest BCUT2D eigenvalue weighted by Gasteiger charge is -2.42. The number of hydrogen-bond acceptors (Lipinski definition) is 6. The molecule has 8 heteroatoms. The molecule has 8 nitrogen and oxygen atoms in total. The first kappa shape index (κ1) is 23.9. The van der Waals surface area contributed by atoms with Crippen molar-refractivity contribution in [1.29, 1.82) is 0 Å². The predicted molar refractivity (Wildman–Crippen MR) is 131 cm³/mol. The molecule has 0 N–H and O–H groups in total. The van der Waals surface area contributed by atoms with E-state index >= 15 is 0 Å². The van der Waals surface area contributed by atoms with E-state index in [9.17, 15) is 4.79 Å². The highest BCUT2D eigenvalue weighted by molar-refractivity contribution is 5.74. The summed E-state index contributed by atoms with van der Waals surface area (Å²) in [5.41, 5.74) is 4.50. The molecule has 2 amide bonds. The third-order valence-corrected chi connectivity index (χ3v) is 7.07. The average Bonchev–Trinajstić information content (AvgIpc) is 2.89. The molecule has 1 fully saturated rings. The predicted octanol–water partition coefficient (Wildman–Crippen LogP) is 3.98. The Hall–Kier alpha value is -2.81. The molecule has 0 bridgehead atoms. The zero-order valence-electron chi connectivity index (χ0n) is 20.9. The van der Waals surface area contributed by atoms with Gasteiger partial charge in [-0.15, -0.1) is 0 Å². The second-order valence-electron chi connectivity index (χ2n) is 9.54. The van der Waals surface area contributed by atoms with Crippen molar-refractivity contribution < 1.29 is 23.7 Å². The molecule has 2 aromatic rings. The van der Waals surface area contributed by atoms with Crippen LogP contribution >= 0.6 is 0 Å². The smallest absolute Gasteiger partial charge is 0.320 e. The minimum Gasteiger partial charge on any atom is -0.467 e. The van der Waals surface area contributed by atoms with E-state index in [1.165, 1.54) is 11.1 Å². The van der Waals surface area contributed by atoms with Crippen molar-refractivity contribution in [3.05, 3.63) is 58.7 Å². The lowest BCUT2D eigenvalue weighted by Crippen LogP contribution is -2.54. The fourth-order valence-corrected chi connectivity index (χ4v) is 5.25. The molecule has 188 valence electrons. The summed E-state index contributed by atoms with van der Waals surface area (Å²) < 4.78 is 22.4. The number of benzene rings is 2. The van der Waals surface area contributed by atoms with Crippen LogP contribution in [-0.4, -0.2) is 73.1 Å². The molecule has 0 atom stereocenters. The number of urea groups is 1. The summed E-state index contributed by atoms with van der Waals surface area (Å²) in [5.74, 6) is 1.77. The zero-order valence-corrected chi connectivity index (χ0v) is 20.9. The monoisotopic (exact) mass is 481 g/mol. The summed E-state index contributed by atoms with van der Waals surface area (Å²) in [4.78, 5) is 19.5. The molecule has 0 spiro atoms. The lowest BCUT2D eigenvalue weighted by atomic mass is 9.93. The zero-order chi connectivity index (χ0) is 24.4. The van der Waals surface area contributed by atoms with Gasteiger partial charge in [0.2, 0.25) is 0 Å². The van der Waals surface area contributed by atoms with Crippen molar-refractivity contribution in [2.45, 2.75) is 46.1 Å². The first-order chi connectivity index (χ1) is 17.0. The van der Waals surface area contributed by atoms with Gasteiger partial charge in [-0.2, -0.15) is 0 Å². The van der Waals surface area contributed by atoms with E-state index in [2.05, 4.69) is 43.0 Å². The Labute approximate surface area is 207 Å². The second-order valence-corrected chi connectivity index (χ2v) is 9.54. The van der Waals surface area contributed by atoms with Crippen LogP contribution in [0, 0.1) is 0 Å². The van der Waals surface area contributed by atoms with Gasteiger partial charge in [0.05, 0.1) is 19.3 Å². The van der Waals surface area contributed by atoms with Crippen LogP contribution in [0.3, 0.4) is 0 Å². The van der Waals surface area contributed by atoms with E-state index in [4.69, 9.17) is 18.9 Å². The Balaban J connectivity index is 1.42. The van der Waals surface area contributed by atoms with Gasteiger partial charge in [-0.05, 0) is 56.2 Å². The van der Waals surface area contributed by atoms with Crippen LogP contribution in [0.25, 0.3) is 0 Å². The van der Waals surface area contributed by atoms with Gasteiger partial charge >= 0.3 is 6.03 Å². The van der Waals surface area contributed by atoms with Gasteiger partial charge in [-0.3, -0.25) is 4.90 Å². The summed E-state index contributed by atoms with van der Waals surface area (Å²) in [5, 5.41) is 0. The Kier molecular flexibility index (Phi) is 7.13.